The number of amides is 1. The van der Waals surface area contributed by atoms with E-state index in [2.05, 4.69) is 20.2 Å². The molecule has 0 aliphatic carbocycles. The molecule has 1 aliphatic rings. The van der Waals surface area contributed by atoms with Gasteiger partial charge in [-0.2, -0.15) is 13.2 Å². The first-order valence-corrected chi connectivity index (χ1v) is 10.4. The van der Waals surface area contributed by atoms with Gasteiger partial charge in [0.25, 0.3) is 0 Å². The van der Waals surface area contributed by atoms with Crippen molar-refractivity contribution < 1.29 is 23.1 Å². The molecule has 1 unspecified atom stereocenters. The number of aromatic nitrogens is 2. The third-order valence-electron chi connectivity index (χ3n) is 5.55. The normalized spacial score (nSPS) is 16.8. The minimum absolute atomic E-state index is 0.0879. The molecule has 1 atom stereocenters. The number of H-pyrrole nitrogens is 1. The maximum absolute atomic E-state index is 12.6. The second-order valence-corrected chi connectivity index (χ2v) is 7.78. The molecule has 2 aromatic carbocycles. The number of benzene rings is 2. The van der Waals surface area contributed by atoms with E-state index in [0.29, 0.717) is 23.6 Å². The lowest BCUT2D eigenvalue weighted by Crippen LogP contribution is -2.28. The van der Waals surface area contributed by atoms with E-state index in [1.54, 1.807) is 18.2 Å². The van der Waals surface area contributed by atoms with Crippen LogP contribution in [-0.4, -0.2) is 33.6 Å². The molecule has 4 rings (SSSR count). The van der Waals surface area contributed by atoms with Crippen LogP contribution in [0.5, 0.6) is 0 Å². The Morgan fingerprint density at radius 1 is 1.25 bits per heavy atom. The highest BCUT2D eigenvalue weighted by molar-refractivity contribution is 5.93. The van der Waals surface area contributed by atoms with Crippen LogP contribution in [0.1, 0.15) is 30.4 Å². The lowest BCUT2D eigenvalue weighted by Gasteiger charge is -2.20. The van der Waals surface area contributed by atoms with Crippen molar-refractivity contribution in [3.8, 4) is 0 Å². The van der Waals surface area contributed by atoms with Gasteiger partial charge in [0.05, 0.1) is 28.9 Å². The number of aromatic amines is 1. The zero-order valence-electron chi connectivity index (χ0n) is 17.2. The highest BCUT2D eigenvalue weighted by Crippen LogP contribution is 2.29. The van der Waals surface area contributed by atoms with Gasteiger partial charge in [-0.1, -0.05) is 12.1 Å². The van der Waals surface area contributed by atoms with Gasteiger partial charge in [-0.15, -0.1) is 0 Å². The number of nitrogens with zero attached hydrogens (tertiary/aromatic N) is 2. The molecule has 3 aromatic rings. The number of aliphatic hydroxyl groups excluding tert-OH is 1. The monoisotopic (exact) mass is 444 g/mol. The molecule has 0 saturated carbocycles. The first-order chi connectivity index (χ1) is 15.3. The molecule has 6 nitrogen and oxygen atoms in total. The molecular formula is C23H23F3N4O2. The van der Waals surface area contributed by atoms with Crippen LogP contribution in [0.25, 0.3) is 11.0 Å². The molecule has 3 N–H and O–H groups in total. The number of aliphatic hydroxyl groups is 1. The Kier molecular flexibility index (Phi) is 6.07. The van der Waals surface area contributed by atoms with Gasteiger partial charge in [0.2, 0.25) is 11.9 Å². The molecule has 1 fully saturated rings. The van der Waals surface area contributed by atoms with Gasteiger partial charge in [-0.25, -0.2) is 4.98 Å². The molecular weight excluding hydrogens is 421 g/mol. The van der Waals surface area contributed by atoms with Gasteiger partial charge in [0.15, 0.2) is 0 Å². The Morgan fingerprint density at radius 2 is 2.03 bits per heavy atom. The van der Waals surface area contributed by atoms with E-state index >= 15 is 0 Å². The molecule has 1 saturated heterocycles. The van der Waals surface area contributed by atoms with Gasteiger partial charge in [-0.3, -0.25) is 4.79 Å². The number of hydrogen-bond donors (Lipinski definition) is 3. The topological polar surface area (TPSA) is 81.2 Å². The number of imidazole rings is 1. The van der Waals surface area contributed by atoms with Crippen LogP contribution in [0.4, 0.5) is 24.8 Å². The SMILES string of the molecule is O=C(CCc1ccc(C(F)(F)F)cc1)Nc1ccc2nc(N3CCCC3/C=C/O)[nH]c2c1. The second kappa shape index (κ2) is 8.94. The standard InChI is InChI=1S/C23H23F3N4O2/c24-23(25,26)16-6-3-15(4-7-16)5-10-21(32)27-17-8-9-19-20(14-17)29-22(28-19)30-12-1-2-18(30)11-13-31/h3-4,6-9,11,13-14,18,31H,1-2,5,10,12H2,(H,27,32)(H,28,29)/b13-11+. The number of nitrogens with one attached hydrogen (secondary N) is 2. The second-order valence-electron chi connectivity index (χ2n) is 7.78. The number of carbonyl (C=O) groups is 1. The van der Waals surface area contributed by atoms with Gasteiger partial charge in [-0.05, 0) is 61.2 Å². The number of fused-ring (bicyclic) bond motifs is 1. The number of anilines is 2. The van der Waals surface area contributed by atoms with E-state index in [-0.39, 0.29) is 18.4 Å². The first-order valence-electron chi connectivity index (χ1n) is 10.4. The number of alkyl halides is 3. The third-order valence-corrected chi connectivity index (χ3v) is 5.55. The van der Waals surface area contributed by atoms with E-state index in [0.717, 1.165) is 48.8 Å². The van der Waals surface area contributed by atoms with E-state index in [1.807, 2.05) is 6.07 Å². The minimum atomic E-state index is -4.37. The molecule has 0 spiro atoms. The fraction of sp³-hybridized carbons (Fsp3) is 0.304. The van der Waals surface area contributed by atoms with Crippen molar-refractivity contribution in [2.75, 3.05) is 16.8 Å². The van der Waals surface area contributed by atoms with E-state index in [1.165, 1.54) is 12.1 Å². The lowest BCUT2D eigenvalue weighted by molar-refractivity contribution is -0.137. The number of rotatable bonds is 6. The first kappa shape index (κ1) is 21.7. The molecule has 1 aromatic heterocycles. The maximum Gasteiger partial charge on any atom is 0.416 e. The zero-order valence-corrected chi connectivity index (χ0v) is 17.2. The Balaban J connectivity index is 1.38. The number of hydrogen-bond acceptors (Lipinski definition) is 4. The Hall–Kier alpha value is -3.49. The van der Waals surface area contributed by atoms with Gasteiger partial charge in [0, 0.05) is 18.7 Å². The average molecular weight is 444 g/mol. The highest BCUT2D eigenvalue weighted by atomic mass is 19.4. The summed E-state index contributed by atoms with van der Waals surface area (Å²) in [5.74, 6) is 0.489. The highest BCUT2D eigenvalue weighted by Gasteiger charge is 2.30. The minimum Gasteiger partial charge on any atom is -0.516 e. The predicted molar refractivity (Wildman–Crippen MR) is 117 cm³/mol. The summed E-state index contributed by atoms with van der Waals surface area (Å²) in [6.45, 7) is 0.836. The van der Waals surface area contributed by atoms with Crippen molar-refractivity contribution in [1.29, 1.82) is 0 Å². The zero-order chi connectivity index (χ0) is 22.7. The Labute approximate surface area is 182 Å². The molecule has 0 bridgehead atoms. The largest absolute Gasteiger partial charge is 0.516 e. The quantitative estimate of drug-likeness (QED) is 0.457. The maximum atomic E-state index is 12.6. The predicted octanol–water partition coefficient (Wildman–Crippen LogP) is 5.19. The molecule has 0 radical (unpaired) electrons. The van der Waals surface area contributed by atoms with Gasteiger partial charge >= 0.3 is 6.18 Å². The lowest BCUT2D eigenvalue weighted by atomic mass is 10.1. The van der Waals surface area contributed by atoms with Crippen LogP contribution in [-0.2, 0) is 17.4 Å². The van der Waals surface area contributed by atoms with Crippen LogP contribution < -0.4 is 10.2 Å². The van der Waals surface area contributed by atoms with E-state index in [4.69, 9.17) is 5.11 Å². The van der Waals surface area contributed by atoms with Crippen molar-refractivity contribution in [2.24, 2.45) is 0 Å². The fourth-order valence-electron chi connectivity index (χ4n) is 3.91. The summed E-state index contributed by atoms with van der Waals surface area (Å²) >= 11 is 0. The summed E-state index contributed by atoms with van der Waals surface area (Å²) in [7, 11) is 0. The van der Waals surface area contributed by atoms with Crippen molar-refractivity contribution in [2.45, 2.75) is 37.9 Å². The summed E-state index contributed by atoms with van der Waals surface area (Å²) < 4.78 is 37.9. The van der Waals surface area contributed by atoms with Crippen LogP contribution in [0.2, 0.25) is 0 Å². The van der Waals surface area contributed by atoms with Gasteiger partial charge < -0.3 is 20.3 Å². The molecule has 2 heterocycles. The number of halogens is 3. The van der Waals surface area contributed by atoms with E-state index < -0.39 is 11.7 Å². The molecule has 168 valence electrons. The summed E-state index contributed by atoms with van der Waals surface area (Å²) in [4.78, 5) is 22.3. The Morgan fingerprint density at radius 3 is 2.75 bits per heavy atom. The van der Waals surface area contributed by atoms with Crippen LogP contribution in [0.3, 0.4) is 0 Å². The van der Waals surface area contributed by atoms with Crippen LogP contribution in [0, 0.1) is 0 Å². The van der Waals surface area contributed by atoms with Crippen LogP contribution in [0.15, 0.2) is 54.8 Å². The summed E-state index contributed by atoms with van der Waals surface area (Å²) in [5, 5.41) is 11.9. The summed E-state index contributed by atoms with van der Waals surface area (Å²) in [6.07, 6.45) is 0.870. The number of aryl methyl sites for hydroxylation is 1. The smallest absolute Gasteiger partial charge is 0.416 e. The van der Waals surface area contributed by atoms with Crippen molar-refractivity contribution >= 4 is 28.6 Å². The third kappa shape index (κ3) is 4.87. The van der Waals surface area contributed by atoms with Gasteiger partial charge in [0.1, 0.15) is 0 Å². The Bertz CT molecular complexity index is 1120. The fourth-order valence-corrected chi connectivity index (χ4v) is 3.91. The van der Waals surface area contributed by atoms with Crippen molar-refractivity contribution in [3.05, 3.63) is 65.9 Å². The van der Waals surface area contributed by atoms with Crippen molar-refractivity contribution in [3.63, 3.8) is 0 Å². The van der Waals surface area contributed by atoms with Crippen molar-refractivity contribution in [1.82, 2.24) is 9.97 Å². The summed E-state index contributed by atoms with van der Waals surface area (Å²) in [6, 6.07) is 10.3. The van der Waals surface area contributed by atoms with Crippen LogP contribution >= 0.6 is 0 Å². The molecule has 1 aliphatic heterocycles. The molecule has 1 amide bonds. The summed E-state index contributed by atoms with van der Waals surface area (Å²) in [5.41, 5.74) is 2.11. The molecule has 32 heavy (non-hydrogen) atoms. The molecule has 9 heteroatoms. The van der Waals surface area contributed by atoms with E-state index in [9.17, 15) is 18.0 Å². The average Bonchev–Trinajstić information content (AvgIpc) is 3.38. The number of carbonyl (C=O) groups excluding carboxylic acids is 1.